The predicted molar refractivity (Wildman–Crippen MR) is 119 cm³/mol. The maximum absolute atomic E-state index is 11.6. The molecule has 1 aromatic carbocycles. The second-order valence-electron chi connectivity index (χ2n) is 11.5. The molecule has 6 atom stereocenters. The summed E-state index contributed by atoms with van der Waals surface area (Å²) in [7, 11) is 3.48. The number of aliphatic hydroxyl groups is 1. The number of aromatic hydroxyl groups is 1. The van der Waals surface area contributed by atoms with E-state index in [1.54, 1.807) is 7.11 Å². The van der Waals surface area contributed by atoms with Crippen LogP contribution in [0.4, 0.5) is 0 Å². The van der Waals surface area contributed by atoms with E-state index in [0.717, 1.165) is 57.2 Å². The quantitative estimate of drug-likeness (QED) is 0.751. The topological polar surface area (TPSA) is 62.2 Å². The fourth-order valence-electron chi connectivity index (χ4n) is 10.0. The number of piperidine rings is 1. The summed E-state index contributed by atoms with van der Waals surface area (Å²) in [6.45, 7) is 8.43. The number of nitrogens with zero attached hydrogens (tertiary/aromatic N) is 1. The molecular weight excluding hydrogens is 390 g/mol. The monoisotopic (exact) mass is 427 g/mol. The Bertz CT molecular complexity index is 955. The lowest BCUT2D eigenvalue weighted by atomic mass is 9.43. The standard InChI is InChI=1S/C26H37NO4/c1-6-12-27-13-11-24-19-16(7-8-17(30-4)20(19)28)14-18(27)23(24)9-10-26(31-5)21(24)25(26,15-23)22(2,3)29/h7-8,18,21,28-29H,6,9-15H2,1-5H3/t18-,21+,23-,24+,25-,26+/m1/s1. The molecule has 7 rings (SSSR count). The second kappa shape index (κ2) is 5.78. The van der Waals surface area contributed by atoms with Gasteiger partial charge in [-0.15, -0.1) is 0 Å². The van der Waals surface area contributed by atoms with E-state index >= 15 is 0 Å². The number of ether oxygens (including phenoxy) is 2. The molecule has 1 aromatic rings. The molecule has 5 nitrogen and oxygen atoms in total. The van der Waals surface area contributed by atoms with Crippen molar-refractivity contribution >= 4 is 0 Å². The Kier molecular flexibility index (Phi) is 3.79. The molecule has 0 amide bonds. The second-order valence-corrected chi connectivity index (χ2v) is 11.5. The van der Waals surface area contributed by atoms with E-state index in [4.69, 9.17) is 9.47 Å². The van der Waals surface area contributed by atoms with Crippen LogP contribution < -0.4 is 4.74 Å². The first-order valence-corrected chi connectivity index (χ1v) is 12.1. The number of likely N-dealkylation sites (tertiary alicyclic amines) is 1. The SMILES string of the molecule is CCCN1CC[C@@]23c4c(ccc(OC)c4O)C[C@@H]1[C@]21CC[C@]2(OC)[C@@H]3[C@@]2(C(C)(C)O)C1. The molecule has 4 saturated carbocycles. The van der Waals surface area contributed by atoms with Crippen LogP contribution >= 0.6 is 0 Å². The number of fused-ring (bicyclic) bond motifs is 2. The molecule has 0 unspecified atom stereocenters. The molecule has 1 spiro atoms. The molecule has 5 fully saturated rings. The number of phenols is 1. The number of hydrogen-bond acceptors (Lipinski definition) is 5. The smallest absolute Gasteiger partial charge is 0.161 e. The van der Waals surface area contributed by atoms with E-state index in [2.05, 4.69) is 17.9 Å². The minimum atomic E-state index is -0.829. The molecule has 6 aliphatic rings. The minimum absolute atomic E-state index is 0.0716. The number of phenolic OH excluding ortho intramolecular Hbond substituents is 1. The summed E-state index contributed by atoms with van der Waals surface area (Å²) in [5, 5.41) is 23.1. The van der Waals surface area contributed by atoms with E-state index < -0.39 is 5.60 Å². The van der Waals surface area contributed by atoms with Crippen molar-refractivity contribution < 1.29 is 19.7 Å². The zero-order valence-electron chi connectivity index (χ0n) is 19.6. The molecule has 170 valence electrons. The first-order valence-electron chi connectivity index (χ1n) is 12.1. The molecule has 1 saturated heterocycles. The highest BCUT2D eigenvalue weighted by atomic mass is 16.5. The van der Waals surface area contributed by atoms with Gasteiger partial charge >= 0.3 is 0 Å². The molecule has 1 heterocycles. The fraction of sp³-hybridized carbons (Fsp3) is 0.769. The summed E-state index contributed by atoms with van der Waals surface area (Å²) in [4.78, 5) is 2.73. The van der Waals surface area contributed by atoms with Crippen molar-refractivity contribution in [1.82, 2.24) is 4.90 Å². The van der Waals surface area contributed by atoms with Crippen LogP contribution in [0.1, 0.15) is 64.0 Å². The summed E-state index contributed by atoms with van der Waals surface area (Å²) in [6.07, 6.45) is 6.26. The van der Waals surface area contributed by atoms with Gasteiger partial charge in [0.1, 0.15) is 0 Å². The lowest BCUT2D eigenvalue weighted by Gasteiger charge is -2.67. The Hall–Kier alpha value is -1.30. The van der Waals surface area contributed by atoms with E-state index in [0.29, 0.717) is 17.5 Å². The normalized spacial score (nSPS) is 44.6. The first kappa shape index (κ1) is 20.3. The zero-order valence-corrected chi connectivity index (χ0v) is 19.6. The minimum Gasteiger partial charge on any atom is -0.504 e. The van der Waals surface area contributed by atoms with Gasteiger partial charge in [-0.05, 0) is 82.5 Å². The molecule has 31 heavy (non-hydrogen) atoms. The Morgan fingerprint density at radius 1 is 1.19 bits per heavy atom. The van der Waals surface area contributed by atoms with Crippen LogP contribution in [-0.2, 0) is 16.6 Å². The molecular formula is C26H37NO4. The van der Waals surface area contributed by atoms with Crippen LogP contribution in [0.25, 0.3) is 0 Å². The van der Waals surface area contributed by atoms with Crippen molar-refractivity contribution in [3.05, 3.63) is 23.3 Å². The van der Waals surface area contributed by atoms with Crippen molar-refractivity contribution in [1.29, 1.82) is 0 Å². The fourth-order valence-corrected chi connectivity index (χ4v) is 10.0. The summed E-state index contributed by atoms with van der Waals surface area (Å²) in [5.41, 5.74) is 0.910. The lowest BCUT2D eigenvalue weighted by Crippen LogP contribution is -2.70. The van der Waals surface area contributed by atoms with Gasteiger partial charge in [0.15, 0.2) is 11.5 Å². The average molecular weight is 428 g/mol. The maximum atomic E-state index is 11.6. The van der Waals surface area contributed by atoms with Gasteiger partial charge in [0.2, 0.25) is 0 Å². The van der Waals surface area contributed by atoms with Crippen LogP contribution in [0.5, 0.6) is 11.5 Å². The van der Waals surface area contributed by atoms with Crippen LogP contribution in [0.2, 0.25) is 0 Å². The van der Waals surface area contributed by atoms with Crippen LogP contribution in [0, 0.1) is 16.7 Å². The summed E-state index contributed by atoms with van der Waals surface area (Å²) < 4.78 is 11.9. The molecule has 5 aliphatic carbocycles. The van der Waals surface area contributed by atoms with Gasteiger partial charge in [0.25, 0.3) is 0 Å². The van der Waals surface area contributed by atoms with Gasteiger partial charge in [0, 0.05) is 35.5 Å². The number of methoxy groups -OCH3 is 2. The highest BCUT2D eigenvalue weighted by molar-refractivity contribution is 5.63. The highest BCUT2D eigenvalue weighted by Crippen LogP contribution is 2.93. The van der Waals surface area contributed by atoms with E-state index in [1.165, 1.54) is 5.56 Å². The van der Waals surface area contributed by atoms with Crippen molar-refractivity contribution in [2.45, 2.75) is 82.0 Å². The number of hydrogen-bond donors (Lipinski definition) is 2. The van der Waals surface area contributed by atoms with Crippen LogP contribution in [-0.4, -0.2) is 59.7 Å². The van der Waals surface area contributed by atoms with Gasteiger partial charge in [-0.25, -0.2) is 0 Å². The summed E-state index contributed by atoms with van der Waals surface area (Å²) in [6, 6.07) is 4.58. The summed E-state index contributed by atoms with van der Waals surface area (Å²) >= 11 is 0. The third-order valence-corrected chi connectivity index (χ3v) is 10.7. The van der Waals surface area contributed by atoms with Gasteiger partial charge in [-0.3, -0.25) is 4.90 Å². The number of benzene rings is 1. The highest BCUT2D eigenvalue weighted by Gasteiger charge is 2.97. The first-order chi connectivity index (χ1) is 14.7. The van der Waals surface area contributed by atoms with Crippen molar-refractivity contribution in [3.8, 4) is 11.5 Å². The summed E-state index contributed by atoms with van der Waals surface area (Å²) in [5.74, 6) is 1.13. The van der Waals surface area contributed by atoms with Gasteiger partial charge in [0.05, 0.1) is 18.3 Å². The Morgan fingerprint density at radius 2 is 1.97 bits per heavy atom. The predicted octanol–water partition coefficient (Wildman–Crippen LogP) is 3.64. The van der Waals surface area contributed by atoms with Gasteiger partial charge < -0.3 is 19.7 Å². The average Bonchev–Trinajstić information content (AvgIpc) is 3.27. The van der Waals surface area contributed by atoms with Crippen LogP contribution in [0.15, 0.2) is 12.1 Å². The van der Waals surface area contributed by atoms with Crippen molar-refractivity contribution in [2.24, 2.45) is 16.7 Å². The molecule has 5 heteroatoms. The van der Waals surface area contributed by atoms with E-state index in [-0.39, 0.29) is 27.8 Å². The number of rotatable bonds is 5. The van der Waals surface area contributed by atoms with E-state index in [1.807, 2.05) is 27.0 Å². The Morgan fingerprint density at radius 3 is 2.61 bits per heavy atom. The third kappa shape index (κ3) is 1.83. The molecule has 2 N–H and O–H groups in total. The van der Waals surface area contributed by atoms with Gasteiger partial charge in [-0.1, -0.05) is 13.0 Å². The Labute approximate surface area is 185 Å². The third-order valence-electron chi connectivity index (χ3n) is 10.7. The van der Waals surface area contributed by atoms with Crippen molar-refractivity contribution in [3.63, 3.8) is 0 Å². The maximum Gasteiger partial charge on any atom is 0.161 e. The molecule has 0 radical (unpaired) electrons. The zero-order chi connectivity index (χ0) is 22.0. The van der Waals surface area contributed by atoms with Gasteiger partial charge in [-0.2, -0.15) is 0 Å². The van der Waals surface area contributed by atoms with E-state index in [9.17, 15) is 10.2 Å². The molecule has 0 aromatic heterocycles. The Balaban J connectivity index is 1.66. The largest absolute Gasteiger partial charge is 0.504 e. The molecule has 6 bridgehead atoms. The van der Waals surface area contributed by atoms with Crippen molar-refractivity contribution in [2.75, 3.05) is 27.3 Å². The lowest BCUT2D eigenvalue weighted by molar-refractivity contribution is -0.167. The molecule has 1 aliphatic heterocycles. The van der Waals surface area contributed by atoms with Crippen LogP contribution in [0.3, 0.4) is 0 Å².